The van der Waals surface area contributed by atoms with Gasteiger partial charge < -0.3 is 10.2 Å². The van der Waals surface area contributed by atoms with Crippen LogP contribution in [0.4, 0.5) is 18.9 Å². The summed E-state index contributed by atoms with van der Waals surface area (Å²) in [5.41, 5.74) is -0.606. The third kappa shape index (κ3) is 8.01. The van der Waals surface area contributed by atoms with Gasteiger partial charge in [-0.3, -0.25) is 13.9 Å². The smallest absolute Gasteiger partial charge is 0.357 e. The number of rotatable bonds is 10. The first-order valence-electron chi connectivity index (χ1n) is 10.7. The van der Waals surface area contributed by atoms with E-state index < -0.39 is 39.6 Å². The summed E-state index contributed by atoms with van der Waals surface area (Å²) in [5, 5.41) is 3.18. The Morgan fingerprint density at radius 3 is 2.33 bits per heavy atom. The maximum absolute atomic E-state index is 13.1. The molecule has 0 heterocycles. The van der Waals surface area contributed by atoms with Crippen LogP contribution in [0.5, 0.6) is 0 Å². The molecule has 0 saturated heterocycles. The predicted octanol–water partition coefficient (Wildman–Crippen LogP) is 4.72. The molecule has 2 aromatic rings. The number of anilines is 1. The van der Waals surface area contributed by atoms with E-state index in [1.165, 1.54) is 31.0 Å². The second-order valence-electron chi connectivity index (χ2n) is 8.03. The third-order valence-electron chi connectivity index (χ3n) is 5.38. The number of sulfonamides is 1. The highest BCUT2D eigenvalue weighted by Gasteiger charge is 2.32. The van der Waals surface area contributed by atoms with E-state index in [0.29, 0.717) is 15.6 Å². The van der Waals surface area contributed by atoms with E-state index in [-0.39, 0.29) is 31.6 Å². The van der Waals surface area contributed by atoms with Crippen molar-refractivity contribution in [3.63, 3.8) is 0 Å². The van der Waals surface area contributed by atoms with Gasteiger partial charge in [-0.15, -0.1) is 0 Å². The number of nitrogens with zero attached hydrogens (tertiary/aromatic N) is 2. The number of hydrogen-bond donors (Lipinski definition) is 1. The summed E-state index contributed by atoms with van der Waals surface area (Å²) in [4.78, 5) is 26.7. The summed E-state index contributed by atoms with van der Waals surface area (Å²) in [6, 6.07) is 7.80. The summed E-state index contributed by atoms with van der Waals surface area (Å²) in [6.45, 7) is 1.29. The van der Waals surface area contributed by atoms with E-state index in [1.807, 2.05) is 0 Å². The van der Waals surface area contributed by atoms with Crippen molar-refractivity contribution in [2.75, 3.05) is 24.2 Å². The number of alkyl halides is 3. The Morgan fingerprint density at radius 1 is 1.11 bits per heavy atom. The lowest BCUT2D eigenvalue weighted by Gasteiger charge is -2.29. The third-order valence-corrected chi connectivity index (χ3v) is 7.16. The summed E-state index contributed by atoms with van der Waals surface area (Å²) in [7, 11) is -2.52. The topological polar surface area (TPSA) is 86.8 Å². The van der Waals surface area contributed by atoms with Crippen molar-refractivity contribution in [2.45, 2.75) is 38.5 Å². The zero-order valence-corrected chi connectivity index (χ0v) is 22.1. The van der Waals surface area contributed by atoms with Gasteiger partial charge in [0.1, 0.15) is 6.04 Å². The Bertz CT molecular complexity index is 1210. The molecule has 0 bridgehead atoms. The molecule has 0 spiro atoms. The summed E-state index contributed by atoms with van der Waals surface area (Å²) >= 11 is 12.2. The maximum Gasteiger partial charge on any atom is 0.416 e. The van der Waals surface area contributed by atoms with Gasteiger partial charge in [-0.2, -0.15) is 13.2 Å². The summed E-state index contributed by atoms with van der Waals surface area (Å²) in [6.07, 6.45) is -3.95. The van der Waals surface area contributed by atoms with Crippen molar-refractivity contribution >= 4 is 50.7 Å². The van der Waals surface area contributed by atoms with E-state index in [2.05, 4.69) is 5.32 Å². The Hall–Kier alpha value is -2.50. The number of carbonyl (C=O) groups excluding carboxylic acids is 2. The van der Waals surface area contributed by atoms with E-state index in [4.69, 9.17) is 23.2 Å². The standard InChI is InChI=1S/C23H26Cl2F3N3O4S/c1-15(22(33)29-2)30(14-16-9-10-18(24)13-20(16)25)21(32)8-5-11-31(36(3,34)35)19-7-4-6-17(12-19)23(26,27)28/h4,6-7,9-10,12-13,15H,5,8,11,14H2,1-3H3,(H,29,33). The van der Waals surface area contributed by atoms with Crippen molar-refractivity contribution < 1.29 is 31.2 Å². The molecular weight excluding hydrogens is 542 g/mol. The Balaban J connectivity index is 2.22. The number of likely N-dealkylation sites (N-methyl/N-ethyl adjacent to an activating group) is 1. The van der Waals surface area contributed by atoms with Crippen molar-refractivity contribution in [3.8, 4) is 0 Å². The highest BCUT2D eigenvalue weighted by atomic mass is 35.5. The lowest BCUT2D eigenvalue weighted by atomic mass is 10.1. The molecule has 198 valence electrons. The number of carbonyl (C=O) groups is 2. The molecule has 1 atom stereocenters. The van der Waals surface area contributed by atoms with Gasteiger partial charge in [-0.05, 0) is 49.2 Å². The number of halogens is 5. The number of hydrogen-bond acceptors (Lipinski definition) is 4. The monoisotopic (exact) mass is 567 g/mol. The first-order valence-corrected chi connectivity index (χ1v) is 13.4. The highest BCUT2D eigenvalue weighted by molar-refractivity contribution is 7.92. The molecule has 0 saturated carbocycles. The molecule has 2 rings (SSSR count). The second kappa shape index (κ2) is 12.2. The van der Waals surface area contributed by atoms with Crippen LogP contribution in [0.25, 0.3) is 0 Å². The van der Waals surface area contributed by atoms with Gasteiger partial charge in [0.15, 0.2) is 0 Å². The molecule has 1 unspecified atom stereocenters. The van der Waals surface area contributed by atoms with Gasteiger partial charge >= 0.3 is 6.18 Å². The Labute approximate surface area is 218 Å². The van der Waals surface area contributed by atoms with Crippen LogP contribution in [-0.4, -0.2) is 51.0 Å². The van der Waals surface area contributed by atoms with Crippen LogP contribution in [0.1, 0.15) is 30.9 Å². The van der Waals surface area contributed by atoms with E-state index in [0.717, 1.165) is 28.8 Å². The number of nitrogens with one attached hydrogen (secondary N) is 1. The molecule has 0 aliphatic heterocycles. The summed E-state index contributed by atoms with van der Waals surface area (Å²) in [5.74, 6) is -0.884. The largest absolute Gasteiger partial charge is 0.416 e. The molecule has 0 radical (unpaired) electrons. The first-order chi connectivity index (χ1) is 16.6. The van der Waals surface area contributed by atoms with Gasteiger partial charge in [0.05, 0.1) is 17.5 Å². The molecule has 2 aromatic carbocycles. The zero-order chi connectivity index (χ0) is 27.3. The fraction of sp³-hybridized carbons (Fsp3) is 0.391. The molecule has 2 amide bonds. The lowest BCUT2D eigenvalue weighted by Crippen LogP contribution is -2.46. The zero-order valence-electron chi connectivity index (χ0n) is 19.8. The average Bonchev–Trinajstić information content (AvgIpc) is 2.79. The van der Waals surface area contributed by atoms with Crippen molar-refractivity contribution in [1.82, 2.24) is 10.2 Å². The second-order valence-corrected chi connectivity index (χ2v) is 10.8. The molecule has 13 heteroatoms. The van der Waals surface area contributed by atoms with Crippen LogP contribution < -0.4 is 9.62 Å². The van der Waals surface area contributed by atoms with Gasteiger partial charge in [0.2, 0.25) is 21.8 Å². The average molecular weight is 568 g/mol. The molecule has 0 aliphatic rings. The molecule has 36 heavy (non-hydrogen) atoms. The van der Waals surface area contributed by atoms with E-state index in [1.54, 1.807) is 12.1 Å². The van der Waals surface area contributed by atoms with Crippen LogP contribution in [0.3, 0.4) is 0 Å². The fourth-order valence-corrected chi connectivity index (χ4v) is 4.89. The Kier molecular flexibility index (Phi) is 10.0. The SMILES string of the molecule is CNC(=O)C(C)N(Cc1ccc(Cl)cc1Cl)C(=O)CCCN(c1cccc(C(F)(F)F)c1)S(C)(=O)=O. The van der Waals surface area contributed by atoms with Gasteiger partial charge in [0.25, 0.3) is 0 Å². The van der Waals surface area contributed by atoms with E-state index >= 15 is 0 Å². The molecular formula is C23H26Cl2F3N3O4S. The lowest BCUT2D eigenvalue weighted by molar-refractivity contribution is -0.140. The molecule has 0 aliphatic carbocycles. The highest BCUT2D eigenvalue weighted by Crippen LogP contribution is 2.32. The van der Waals surface area contributed by atoms with Gasteiger partial charge in [0, 0.05) is 36.6 Å². The van der Waals surface area contributed by atoms with Crippen LogP contribution in [-0.2, 0) is 32.3 Å². The molecule has 0 aromatic heterocycles. The predicted molar refractivity (Wildman–Crippen MR) is 133 cm³/mol. The minimum Gasteiger partial charge on any atom is -0.357 e. The number of benzene rings is 2. The quantitative estimate of drug-likeness (QED) is 0.450. The summed E-state index contributed by atoms with van der Waals surface area (Å²) < 4.78 is 64.8. The maximum atomic E-state index is 13.1. The van der Waals surface area contributed by atoms with Crippen LogP contribution >= 0.6 is 23.2 Å². The molecule has 0 fully saturated rings. The molecule has 7 nitrogen and oxygen atoms in total. The van der Waals surface area contributed by atoms with Crippen LogP contribution in [0, 0.1) is 0 Å². The van der Waals surface area contributed by atoms with Crippen LogP contribution in [0.15, 0.2) is 42.5 Å². The normalized spacial score (nSPS) is 12.7. The minimum atomic E-state index is -4.64. The van der Waals surface area contributed by atoms with Crippen molar-refractivity contribution in [2.24, 2.45) is 0 Å². The van der Waals surface area contributed by atoms with Gasteiger partial charge in [-0.25, -0.2) is 8.42 Å². The van der Waals surface area contributed by atoms with Crippen LogP contribution in [0.2, 0.25) is 10.0 Å². The fourth-order valence-electron chi connectivity index (χ4n) is 3.47. The van der Waals surface area contributed by atoms with Gasteiger partial charge in [-0.1, -0.05) is 35.3 Å². The minimum absolute atomic E-state index is 0.00649. The van der Waals surface area contributed by atoms with Crippen molar-refractivity contribution in [1.29, 1.82) is 0 Å². The molecule has 1 N–H and O–H groups in total. The number of amides is 2. The van der Waals surface area contributed by atoms with Crippen molar-refractivity contribution in [3.05, 3.63) is 63.6 Å². The Morgan fingerprint density at radius 2 is 1.78 bits per heavy atom. The van der Waals surface area contributed by atoms with E-state index in [9.17, 15) is 31.2 Å². The first kappa shape index (κ1) is 29.7.